The summed E-state index contributed by atoms with van der Waals surface area (Å²) < 4.78 is 13.2. The van der Waals surface area contributed by atoms with Gasteiger partial charge in [-0.2, -0.15) is 0 Å². The number of aromatic nitrogens is 2. The van der Waals surface area contributed by atoms with E-state index in [0.29, 0.717) is 12.1 Å². The van der Waals surface area contributed by atoms with Gasteiger partial charge in [0.1, 0.15) is 11.6 Å². The molecule has 0 spiro atoms. The predicted octanol–water partition coefficient (Wildman–Crippen LogP) is 3.56. The first-order valence-electron chi connectivity index (χ1n) is 9.61. The van der Waals surface area contributed by atoms with E-state index in [2.05, 4.69) is 20.9 Å². The summed E-state index contributed by atoms with van der Waals surface area (Å²) in [5.74, 6) is 1.53. The summed E-state index contributed by atoms with van der Waals surface area (Å²) in [6, 6.07) is 11.7. The maximum atomic E-state index is 12.5. The van der Waals surface area contributed by atoms with E-state index < -0.39 is 0 Å². The smallest absolute Gasteiger partial charge is 0.251 e. The lowest BCUT2D eigenvalue weighted by molar-refractivity contribution is 0.0858. The van der Waals surface area contributed by atoms with Crippen LogP contribution < -0.4 is 10.1 Å². The molecule has 1 N–H and O–H groups in total. The molecule has 6 heteroatoms. The number of hydrogen-bond donors (Lipinski definition) is 1. The summed E-state index contributed by atoms with van der Waals surface area (Å²) in [5, 5.41) is 2.97. The Bertz CT molecular complexity index is 1020. The molecule has 0 unspecified atom stereocenters. The van der Waals surface area contributed by atoms with Gasteiger partial charge in [-0.05, 0) is 62.6 Å². The highest BCUT2D eigenvalue weighted by Gasteiger charge is 2.18. The lowest BCUT2D eigenvalue weighted by Crippen LogP contribution is -2.31. The molecule has 3 aromatic rings. The minimum Gasteiger partial charge on any atom is -0.495 e. The molecule has 4 rings (SSSR count). The zero-order chi connectivity index (χ0) is 19.7. The first-order valence-corrected chi connectivity index (χ1v) is 9.61. The van der Waals surface area contributed by atoms with Gasteiger partial charge in [0.2, 0.25) is 0 Å². The van der Waals surface area contributed by atoms with Gasteiger partial charge in [-0.15, -0.1) is 0 Å². The number of fused-ring (bicyclic) bond motifs is 1. The zero-order valence-corrected chi connectivity index (χ0v) is 16.5. The van der Waals surface area contributed by atoms with Gasteiger partial charge < -0.3 is 14.8 Å². The number of rotatable bonds is 5. The SMILES string of the molecule is COc1ccc(C)cc1-n1c(C)nc2cc(C(=O)NC[C@@H]3CCCO3)ccc21. The fourth-order valence-electron chi connectivity index (χ4n) is 3.73. The number of nitrogens with zero attached hydrogens (tertiary/aromatic N) is 2. The number of amides is 1. The van der Waals surface area contributed by atoms with Crippen molar-refractivity contribution in [2.24, 2.45) is 0 Å². The molecule has 1 amide bonds. The molecule has 1 aromatic heterocycles. The van der Waals surface area contributed by atoms with Crippen molar-refractivity contribution in [1.29, 1.82) is 0 Å². The number of ether oxygens (including phenoxy) is 2. The molecular weight excluding hydrogens is 354 g/mol. The molecule has 146 valence electrons. The maximum Gasteiger partial charge on any atom is 0.251 e. The molecule has 0 radical (unpaired) electrons. The molecule has 1 fully saturated rings. The number of methoxy groups -OCH3 is 1. The second-order valence-electron chi connectivity index (χ2n) is 7.22. The molecule has 0 bridgehead atoms. The molecule has 1 aliphatic rings. The average molecular weight is 379 g/mol. The molecule has 2 aromatic carbocycles. The van der Waals surface area contributed by atoms with Crippen molar-refractivity contribution in [2.45, 2.75) is 32.8 Å². The van der Waals surface area contributed by atoms with Crippen molar-refractivity contribution >= 4 is 16.9 Å². The Morgan fingerprint density at radius 3 is 2.89 bits per heavy atom. The second-order valence-corrected chi connectivity index (χ2v) is 7.22. The van der Waals surface area contributed by atoms with E-state index in [1.54, 1.807) is 7.11 Å². The Labute approximate surface area is 164 Å². The molecular formula is C22H25N3O3. The van der Waals surface area contributed by atoms with E-state index in [9.17, 15) is 4.79 Å². The van der Waals surface area contributed by atoms with Gasteiger partial charge >= 0.3 is 0 Å². The van der Waals surface area contributed by atoms with Gasteiger partial charge in [0.15, 0.2) is 0 Å². The predicted molar refractivity (Wildman–Crippen MR) is 108 cm³/mol. The molecule has 6 nitrogen and oxygen atoms in total. The van der Waals surface area contributed by atoms with E-state index in [-0.39, 0.29) is 12.0 Å². The highest BCUT2D eigenvalue weighted by molar-refractivity contribution is 5.97. The molecule has 0 saturated carbocycles. The Balaban J connectivity index is 1.65. The van der Waals surface area contributed by atoms with Gasteiger partial charge in [0, 0.05) is 18.7 Å². The quantitative estimate of drug-likeness (QED) is 0.736. The molecule has 2 heterocycles. The van der Waals surface area contributed by atoms with Crippen LogP contribution in [0.15, 0.2) is 36.4 Å². The monoisotopic (exact) mass is 379 g/mol. The largest absolute Gasteiger partial charge is 0.495 e. The Morgan fingerprint density at radius 2 is 2.14 bits per heavy atom. The van der Waals surface area contributed by atoms with Crippen molar-refractivity contribution in [1.82, 2.24) is 14.9 Å². The number of aryl methyl sites for hydroxylation is 2. The van der Waals surface area contributed by atoms with Gasteiger partial charge in [-0.25, -0.2) is 4.98 Å². The lowest BCUT2D eigenvalue weighted by Gasteiger charge is -2.13. The van der Waals surface area contributed by atoms with Crippen molar-refractivity contribution < 1.29 is 14.3 Å². The standard InChI is InChI=1S/C22H25N3O3/c1-14-6-9-21(27-3)20(11-14)25-15(2)24-18-12-16(7-8-19(18)25)22(26)23-13-17-5-4-10-28-17/h6-9,11-12,17H,4-5,10,13H2,1-3H3,(H,23,26)/t17-/m0/s1. The fourth-order valence-corrected chi connectivity index (χ4v) is 3.73. The molecule has 28 heavy (non-hydrogen) atoms. The maximum absolute atomic E-state index is 12.5. The second kappa shape index (κ2) is 7.64. The number of carbonyl (C=O) groups excluding carboxylic acids is 1. The van der Waals surface area contributed by atoms with E-state index in [1.807, 2.05) is 44.2 Å². The number of nitrogens with one attached hydrogen (secondary N) is 1. The lowest BCUT2D eigenvalue weighted by atomic mass is 10.1. The number of carbonyl (C=O) groups is 1. The summed E-state index contributed by atoms with van der Waals surface area (Å²) in [6.07, 6.45) is 2.19. The van der Waals surface area contributed by atoms with Crippen LogP contribution in [0.4, 0.5) is 0 Å². The average Bonchev–Trinajstić information content (AvgIpc) is 3.32. The van der Waals surface area contributed by atoms with Crippen molar-refractivity contribution in [3.63, 3.8) is 0 Å². The van der Waals surface area contributed by atoms with Crippen LogP contribution >= 0.6 is 0 Å². The van der Waals surface area contributed by atoms with Crippen LogP contribution in [0.5, 0.6) is 5.75 Å². The molecule has 1 atom stereocenters. The number of benzene rings is 2. The van der Waals surface area contributed by atoms with Crippen LogP contribution in [0.25, 0.3) is 16.7 Å². The van der Waals surface area contributed by atoms with E-state index in [1.165, 1.54) is 0 Å². The van der Waals surface area contributed by atoms with Crippen molar-refractivity contribution in [3.8, 4) is 11.4 Å². The van der Waals surface area contributed by atoms with E-state index in [4.69, 9.17) is 9.47 Å². The molecule has 0 aliphatic carbocycles. The Hall–Kier alpha value is -2.86. The summed E-state index contributed by atoms with van der Waals surface area (Å²) in [6.45, 7) is 5.34. The normalized spacial score (nSPS) is 16.5. The van der Waals surface area contributed by atoms with Crippen LogP contribution in [0.2, 0.25) is 0 Å². The third-order valence-corrected chi connectivity index (χ3v) is 5.17. The zero-order valence-electron chi connectivity index (χ0n) is 16.5. The fraction of sp³-hybridized carbons (Fsp3) is 0.364. The van der Waals surface area contributed by atoms with Crippen LogP contribution in [0.3, 0.4) is 0 Å². The Kier molecular flexibility index (Phi) is 5.05. The minimum absolute atomic E-state index is 0.0993. The van der Waals surface area contributed by atoms with Crippen molar-refractivity contribution in [3.05, 3.63) is 53.3 Å². The van der Waals surface area contributed by atoms with Gasteiger partial charge in [-0.1, -0.05) is 6.07 Å². The summed E-state index contributed by atoms with van der Waals surface area (Å²) in [5.41, 5.74) is 4.41. The molecule has 1 saturated heterocycles. The number of imidazole rings is 1. The van der Waals surface area contributed by atoms with Crippen LogP contribution in [0, 0.1) is 13.8 Å². The van der Waals surface area contributed by atoms with Crippen LogP contribution in [-0.4, -0.2) is 41.8 Å². The minimum atomic E-state index is -0.0993. The van der Waals surface area contributed by atoms with Crippen LogP contribution in [0.1, 0.15) is 34.6 Å². The Morgan fingerprint density at radius 1 is 1.29 bits per heavy atom. The third-order valence-electron chi connectivity index (χ3n) is 5.17. The molecule has 1 aliphatic heterocycles. The van der Waals surface area contributed by atoms with Crippen LogP contribution in [-0.2, 0) is 4.74 Å². The summed E-state index contributed by atoms with van der Waals surface area (Å²) in [7, 11) is 1.67. The van der Waals surface area contributed by atoms with Gasteiger partial charge in [0.25, 0.3) is 5.91 Å². The van der Waals surface area contributed by atoms with Gasteiger partial charge in [-0.3, -0.25) is 9.36 Å². The summed E-state index contributed by atoms with van der Waals surface area (Å²) in [4.78, 5) is 17.2. The topological polar surface area (TPSA) is 65.4 Å². The van der Waals surface area contributed by atoms with Crippen molar-refractivity contribution in [2.75, 3.05) is 20.3 Å². The van der Waals surface area contributed by atoms with E-state index >= 15 is 0 Å². The van der Waals surface area contributed by atoms with E-state index in [0.717, 1.165) is 53.3 Å². The number of hydrogen-bond acceptors (Lipinski definition) is 4. The van der Waals surface area contributed by atoms with Gasteiger partial charge in [0.05, 0.1) is 29.9 Å². The first kappa shape index (κ1) is 18.5. The third kappa shape index (κ3) is 3.47. The summed E-state index contributed by atoms with van der Waals surface area (Å²) >= 11 is 0. The highest BCUT2D eigenvalue weighted by atomic mass is 16.5. The highest BCUT2D eigenvalue weighted by Crippen LogP contribution is 2.29. The first-order chi connectivity index (χ1) is 13.6.